The molecule has 1 N–H and O–H groups in total. The van der Waals surface area contributed by atoms with E-state index in [1.165, 1.54) is 0 Å². The minimum absolute atomic E-state index is 0.585. The second-order valence-electron chi connectivity index (χ2n) is 2.41. The van der Waals surface area contributed by atoms with Crippen molar-refractivity contribution >= 4 is 20.2 Å². The molecule has 0 aromatic rings. The number of rotatable bonds is 6. The summed E-state index contributed by atoms with van der Waals surface area (Å²) in [6.07, 6.45) is -0.585. The van der Waals surface area contributed by atoms with E-state index >= 15 is 0 Å². The minimum atomic E-state index is -5.72. The lowest BCUT2D eigenvalue weighted by atomic mass is 10.5. The smallest absolute Gasteiger partial charge is 0.263 e. The van der Waals surface area contributed by atoms with E-state index in [1.54, 1.807) is 0 Å². The molecule has 0 bridgehead atoms. The minimum Gasteiger partial charge on any atom is -0.263 e. The first kappa shape index (κ1) is 15.6. The molecule has 0 aromatic carbocycles. The van der Waals surface area contributed by atoms with E-state index in [0.29, 0.717) is 0 Å². The van der Waals surface area contributed by atoms with Crippen molar-refractivity contribution in [2.75, 3.05) is 12.4 Å². The van der Waals surface area contributed by atoms with Crippen molar-refractivity contribution in [3.05, 3.63) is 0 Å². The van der Waals surface area contributed by atoms with Gasteiger partial charge in [-0.05, 0) is 6.42 Å². The van der Waals surface area contributed by atoms with Crippen LogP contribution in [0.1, 0.15) is 6.42 Å². The summed E-state index contributed by atoms with van der Waals surface area (Å²) in [6.45, 7) is -0.996. The van der Waals surface area contributed by atoms with Gasteiger partial charge in [0, 0.05) is 0 Å². The molecular formula is C4H7F3O7S2. The Morgan fingerprint density at radius 3 is 2.00 bits per heavy atom. The molecule has 0 amide bonds. The molecule has 0 aliphatic rings. The van der Waals surface area contributed by atoms with Gasteiger partial charge in [-0.15, -0.1) is 4.33 Å². The lowest BCUT2D eigenvalue weighted by Crippen LogP contribution is -2.26. The Labute approximate surface area is 89.0 Å². The molecule has 16 heavy (non-hydrogen) atoms. The Morgan fingerprint density at radius 1 is 1.12 bits per heavy atom. The summed E-state index contributed by atoms with van der Waals surface area (Å²) in [7, 11) is -9.99. The Kier molecular flexibility index (Phi) is 5.13. The van der Waals surface area contributed by atoms with E-state index < -0.39 is 44.5 Å². The first-order valence-electron chi connectivity index (χ1n) is 3.53. The quantitative estimate of drug-likeness (QED) is 0.242. The molecule has 98 valence electrons. The summed E-state index contributed by atoms with van der Waals surface area (Å²) in [6, 6.07) is 0. The van der Waals surface area contributed by atoms with Gasteiger partial charge in [-0.25, -0.2) is 5.26 Å². The van der Waals surface area contributed by atoms with Crippen LogP contribution in [0, 0.1) is 0 Å². The SMILES string of the molecule is O=S(=O)(CCCOS(=O)(=O)C(F)(F)F)OO. The number of alkyl halides is 3. The van der Waals surface area contributed by atoms with E-state index in [0.717, 1.165) is 0 Å². The normalized spacial score (nSPS) is 14.0. The fourth-order valence-corrected chi connectivity index (χ4v) is 1.53. The van der Waals surface area contributed by atoms with Crippen LogP contribution in [0.4, 0.5) is 13.2 Å². The van der Waals surface area contributed by atoms with Crippen molar-refractivity contribution < 1.29 is 43.8 Å². The molecule has 7 nitrogen and oxygen atoms in total. The van der Waals surface area contributed by atoms with Crippen LogP contribution in [0.2, 0.25) is 0 Å². The maximum atomic E-state index is 11.7. The molecule has 0 saturated heterocycles. The number of halogens is 3. The topological polar surface area (TPSA) is 107 Å². The van der Waals surface area contributed by atoms with Crippen molar-refractivity contribution in [2.24, 2.45) is 0 Å². The predicted molar refractivity (Wildman–Crippen MR) is 43.0 cm³/mol. The second kappa shape index (κ2) is 5.27. The van der Waals surface area contributed by atoms with Gasteiger partial charge in [-0.2, -0.15) is 30.0 Å². The molecule has 0 saturated carbocycles. The third-order valence-electron chi connectivity index (χ3n) is 1.17. The van der Waals surface area contributed by atoms with Crippen LogP contribution >= 0.6 is 0 Å². The number of hydrogen-bond donors (Lipinski definition) is 1. The molecule has 0 atom stereocenters. The summed E-state index contributed by atoms with van der Waals surface area (Å²) >= 11 is 0. The highest BCUT2D eigenvalue weighted by Crippen LogP contribution is 2.24. The summed E-state index contributed by atoms with van der Waals surface area (Å²) in [5.41, 5.74) is -5.56. The van der Waals surface area contributed by atoms with Gasteiger partial charge in [0.1, 0.15) is 0 Å². The van der Waals surface area contributed by atoms with E-state index in [2.05, 4.69) is 8.52 Å². The molecule has 0 spiro atoms. The molecule has 0 aromatic heterocycles. The maximum Gasteiger partial charge on any atom is 0.523 e. The van der Waals surface area contributed by atoms with Gasteiger partial charge >= 0.3 is 15.6 Å². The highest BCUT2D eigenvalue weighted by atomic mass is 32.2. The van der Waals surface area contributed by atoms with Crippen LogP contribution < -0.4 is 0 Å². The van der Waals surface area contributed by atoms with Gasteiger partial charge in [-0.1, -0.05) is 0 Å². The Morgan fingerprint density at radius 2 is 1.62 bits per heavy atom. The third kappa shape index (κ3) is 5.07. The van der Waals surface area contributed by atoms with Crippen LogP contribution in [-0.2, 0) is 28.8 Å². The summed E-state index contributed by atoms with van der Waals surface area (Å²) in [5.74, 6) is -0.878. The van der Waals surface area contributed by atoms with Crippen LogP contribution in [0.5, 0.6) is 0 Å². The van der Waals surface area contributed by atoms with Crippen LogP contribution in [0.25, 0.3) is 0 Å². The Hall–Kier alpha value is -0.430. The summed E-state index contributed by atoms with van der Waals surface area (Å²) in [4.78, 5) is 0. The molecule has 0 aliphatic carbocycles. The number of hydrogen-bond acceptors (Lipinski definition) is 7. The van der Waals surface area contributed by atoms with Crippen molar-refractivity contribution in [2.45, 2.75) is 11.9 Å². The average molecular weight is 288 g/mol. The van der Waals surface area contributed by atoms with Gasteiger partial charge in [-0.3, -0.25) is 4.18 Å². The lowest BCUT2D eigenvalue weighted by molar-refractivity contribution is -0.130. The maximum absolute atomic E-state index is 11.7. The molecule has 0 fully saturated rings. The van der Waals surface area contributed by atoms with Gasteiger partial charge in [0.15, 0.2) is 0 Å². The molecule has 0 unspecified atom stereocenters. The lowest BCUT2D eigenvalue weighted by Gasteiger charge is -2.07. The molecule has 0 heterocycles. The highest BCUT2D eigenvalue weighted by molar-refractivity contribution is 7.87. The zero-order chi connectivity index (χ0) is 13.0. The first-order chi connectivity index (χ1) is 7.02. The van der Waals surface area contributed by atoms with Crippen molar-refractivity contribution in [1.29, 1.82) is 0 Å². The van der Waals surface area contributed by atoms with E-state index in [-0.39, 0.29) is 0 Å². The largest absolute Gasteiger partial charge is 0.523 e. The standard InChI is InChI=1S/C4H7F3O7S2/c5-4(6,7)16(11,12)13-2-1-3-15(9,10)14-8/h8H,1-3H2. The third-order valence-corrected chi connectivity index (χ3v) is 3.23. The fourth-order valence-electron chi connectivity index (χ4n) is 0.508. The molecular weight excluding hydrogens is 281 g/mol. The summed E-state index contributed by atoms with van der Waals surface area (Å²) in [5, 5.41) is 7.76. The van der Waals surface area contributed by atoms with Crippen molar-refractivity contribution in [3.8, 4) is 0 Å². The predicted octanol–water partition coefficient (Wildman–Crippen LogP) is 0.0621. The molecule has 0 aliphatic heterocycles. The average Bonchev–Trinajstić information content (AvgIpc) is 2.11. The van der Waals surface area contributed by atoms with E-state index in [1.807, 2.05) is 0 Å². The first-order valence-corrected chi connectivity index (χ1v) is 6.52. The van der Waals surface area contributed by atoms with Crippen LogP contribution in [0.15, 0.2) is 0 Å². The van der Waals surface area contributed by atoms with Crippen molar-refractivity contribution in [3.63, 3.8) is 0 Å². The van der Waals surface area contributed by atoms with E-state index in [9.17, 15) is 30.0 Å². The molecule has 0 radical (unpaired) electrons. The summed E-state index contributed by atoms with van der Waals surface area (Å²) < 4.78 is 82.8. The van der Waals surface area contributed by atoms with Gasteiger partial charge in [0.05, 0.1) is 12.4 Å². The van der Waals surface area contributed by atoms with Crippen molar-refractivity contribution in [1.82, 2.24) is 0 Å². The van der Waals surface area contributed by atoms with Gasteiger partial charge in [0.2, 0.25) is 0 Å². The zero-order valence-corrected chi connectivity index (χ0v) is 9.10. The van der Waals surface area contributed by atoms with E-state index in [4.69, 9.17) is 5.26 Å². The Bertz CT molecular complexity index is 407. The van der Waals surface area contributed by atoms with Gasteiger partial charge in [0.25, 0.3) is 10.1 Å². The molecule has 0 rings (SSSR count). The zero-order valence-electron chi connectivity index (χ0n) is 7.47. The van der Waals surface area contributed by atoms with Crippen LogP contribution in [0.3, 0.4) is 0 Å². The van der Waals surface area contributed by atoms with Crippen LogP contribution in [-0.4, -0.2) is 40.0 Å². The Balaban J connectivity index is 4.13. The second-order valence-corrected chi connectivity index (χ2v) is 5.69. The highest BCUT2D eigenvalue weighted by Gasteiger charge is 2.47. The molecule has 12 heteroatoms. The van der Waals surface area contributed by atoms with Gasteiger partial charge < -0.3 is 0 Å². The fraction of sp³-hybridized carbons (Fsp3) is 1.00. The monoisotopic (exact) mass is 288 g/mol.